The van der Waals surface area contributed by atoms with Crippen molar-refractivity contribution < 1.29 is 14.3 Å². The summed E-state index contributed by atoms with van der Waals surface area (Å²) >= 11 is 1.45. The van der Waals surface area contributed by atoms with E-state index in [0.717, 1.165) is 27.1 Å². The topological polar surface area (TPSA) is 60.5 Å². The molecule has 1 N–H and O–H groups in total. The number of hydrogen-bond acceptors (Lipinski definition) is 5. The van der Waals surface area contributed by atoms with Crippen LogP contribution in [0.3, 0.4) is 0 Å². The molecule has 0 aliphatic rings. The molecule has 146 valence electrons. The number of aryl methyl sites for hydroxylation is 2. The molecule has 0 saturated heterocycles. The first-order chi connectivity index (χ1) is 13.4. The van der Waals surface area contributed by atoms with Gasteiger partial charge in [-0.05, 0) is 50.1 Å². The molecule has 3 aromatic rings. The zero-order valence-corrected chi connectivity index (χ0v) is 17.5. The van der Waals surface area contributed by atoms with Gasteiger partial charge in [-0.3, -0.25) is 4.79 Å². The molecular weight excluding hydrogens is 372 g/mol. The Kier molecular flexibility index (Phi) is 6.09. The van der Waals surface area contributed by atoms with Gasteiger partial charge >= 0.3 is 0 Å². The van der Waals surface area contributed by atoms with Crippen LogP contribution in [0.15, 0.2) is 47.5 Å². The zero-order chi connectivity index (χ0) is 20.3. The second-order valence-corrected chi connectivity index (χ2v) is 7.93. The van der Waals surface area contributed by atoms with E-state index >= 15 is 0 Å². The van der Waals surface area contributed by atoms with Gasteiger partial charge in [-0.2, -0.15) is 0 Å². The molecule has 28 heavy (non-hydrogen) atoms. The Morgan fingerprint density at radius 3 is 2.50 bits per heavy atom. The highest BCUT2D eigenvalue weighted by molar-refractivity contribution is 8.00. The first-order valence-corrected chi connectivity index (χ1v) is 9.87. The number of thioether (sulfide) groups is 1. The minimum absolute atomic E-state index is 0.0958. The molecule has 2 aromatic carbocycles. The number of amides is 1. The van der Waals surface area contributed by atoms with E-state index in [0.29, 0.717) is 17.2 Å². The fourth-order valence-corrected chi connectivity index (χ4v) is 3.90. The Bertz CT molecular complexity index is 1020. The lowest BCUT2D eigenvalue weighted by atomic mass is 10.1. The number of nitrogens with one attached hydrogen (secondary N) is 1. The van der Waals surface area contributed by atoms with Crippen molar-refractivity contribution in [2.45, 2.75) is 31.0 Å². The molecule has 3 rings (SSSR count). The lowest BCUT2D eigenvalue weighted by Gasteiger charge is -2.14. The molecule has 1 heterocycles. The molecule has 0 saturated carbocycles. The van der Waals surface area contributed by atoms with E-state index in [-0.39, 0.29) is 11.2 Å². The molecule has 0 radical (unpaired) electrons. The number of hydrogen-bond donors (Lipinski definition) is 1. The van der Waals surface area contributed by atoms with Crippen LogP contribution in [0.5, 0.6) is 11.5 Å². The number of carbonyl (C=O) groups is 1. The van der Waals surface area contributed by atoms with Crippen molar-refractivity contribution in [1.82, 2.24) is 4.98 Å². The molecule has 0 unspecified atom stereocenters. The molecule has 1 aromatic heterocycles. The van der Waals surface area contributed by atoms with E-state index in [9.17, 15) is 4.79 Å². The number of pyridine rings is 1. The smallest absolute Gasteiger partial charge is 0.237 e. The predicted octanol–water partition coefficient (Wildman–Crippen LogP) is 4.99. The van der Waals surface area contributed by atoms with Crippen LogP contribution < -0.4 is 14.8 Å². The highest BCUT2D eigenvalue weighted by Gasteiger charge is 2.17. The van der Waals surface area contributed by atoms with E-state index in [1.807, 2.05) is 19.1 Å². The summed E-state index contributed by atoms with van der Waals surface area (Å²) < 4.78 is 10.5. The van der Waals surface area contributed by atoms with Crippen LogP contribution in [0.2, 0.25) is 0 Å². The Balaban J connectivity index is 1.76. The molecule has 6 heteroatoms. The largest absolute Gasteiger partial charge is 0.493 e. The van der Waals surface area contributed by atoms with Gasteiger partial charge in [0.25, 0.3) is 0 Å². The predicted molar refractivity (Wildman–Crippen MR) is 115 cm³/mol. The third-order valence-electron chi connectivity index (χ3n) is 4.54. The van der Waals surface area contributed by atoms with Gasteiger partial charge in [0.2, 0.25) is 5.91 Å². The van der Waals surface area contributed by atoms with Gasteiger partial charge in [-0.25, -0.2) is 4.98 Å². The molecule has 5 nitrogen and oxygen atoms in total. The van der Waals surface area contributed by atoms with Crippen LogP contribution in [0.1, 0.15) is 18.1 Å². The van der Waals surface area contributed by atoms with Crippen LogP contribution in [0, 0.1) is 13.8 Å². The lowest BCUT2D eigenvalue weighted by molar-refractivity contribution is -0.115. The first kappa shape index (κ1) is 20.0. The molecule has 0 spiro atoms. The Morgan fingerprint density at radius 2 is 1.79 bits per heavy atom. The van der Waals surface area contributed by atoms with E-state index in [1.54, 1.807) is 32.4 Å². The summed E-state index contributed by atoms with van der Waals surface area (Å²) in [7, 11) is 3.15. The molecule has 0 aliphatic carbocycles. The van der Waals surface area contributed by atoms with Gasteiger partial charge < -0.3 is 14.8 Å². The van der Waals surface area contributed by atoms with Crippen molar-refractivity contribution in [3.63, 3.8) is 0 Å². The standard InChI is InChI=1S/C22H24N2O3S/c1-13-7-6-8-17-14(2)11-20(24-21(13)17)28-15(3)22(25)23-16-9-10-18(26-4)19(12-16)27-5/h6-12,15H,1-5H3,(H,23,25)/t15-/m1/s1. The molecular formula is C22H24N2O3S. The summed E-state index contributed by atoms with van der Waals surface area (Å²) in [6.07, 6.45) is 0. The van der Waals surface area contributed by atoms with E-state index in [2.05, 4.69) is 31.3 Å². The quantitative estimate of drug-likeness (QED) is 0.595. The maximum Gasteiger partial charge on any atom is 0.237 e. The van der Waals surface area contributed by atoms with Gasteiger partial charge in [0.15, 0.2) is 11.5 Å². The van der Waals surface area contributed by atoms with Crippen molar-refractivity contribution in [2.24, 2.45) is 0 Å². The summed E-state index contributed by atoms with van der Waals surface area (Å²) in [5, 5.41) is 4.61. The first-order valence-electron chi connectivity index (χ1n) is 8.99. The van der Waals surface area contributed by atoms with Gasteiger partial charge in [0, 0.05) is 17.1 Å². The lowest BCUT2D eigenvalue weighted by Crippen LogP contribution is -2.22. The maximum atomic E-state index is 12.7. The van der Waals surface area contributed by atoms with E-state index < -0.39 is 0 Å². The second kappa shape index (κ2) is 8.52. The zero-order valence-electron chi connectivity index (χ0n) is 16.7. The third-order valence-corrected chi connectivity index (χ3v) is 5.56. The summed E-state index contributed by atoms with van der Waals surface area (Å²) in [6.45, 7) is 6.00. The SMILES string of the molecule is COc1ccc(NC(=O)[C@@H](C)Sc2cc(C)c3cccc(C)c3n2)cc1OC. The van der Waals surface area contributed by atoms with Crippen molar-refractivity contribution in [3.05, 3.63) is 53.6 Å². The van der Waals surface area contributed by atoms with Crippen LogP contribution in [-0.4, -0.2) is 30.4 Å². The Hall–Kier alpha value is -2.73. The fraction of sp³-hybridized carbons (Fsp3) is 0.273. The Labute approximate surface area is 169 Å². The summed E-state index contributed by atoms with van der Waals surface area (Å²) in [4.78, 5) is 17.4. The number of rotatable bonds is 6. The van der Waals surface area contributed by atoms with E-state index in [1.165, 1.54) is 11.8 Å². The number of fused-ring (bicyclic) bond motifs is 1. The molecule has 1 amide bonds. The molecule has 0 bridgehead atoms. The fourth-order valence-electron chi connectivity index (χ4n) is 2.98. The van der Waals surface area contributed by atoms with Crippen LogP contribution in [0.4, 0.5) is 5.69 Å². The van der Waals surface area contributed by atoms with E-state index in [4.69, 9.17) is 14.5 Å². The summed E-state index contributed by atoms with van der Waals surface area (Å²) in [6, 6.07) is 13.5. The minimum Gasteiger partial charge on any atom is -0.493 e. The highest BCUT2D eigenvalue weighted by Crippen LogP contribution is 2.31. The van der Waals surface area contributed by atoms with Crippen molar-refractivity contribution >= 4 is 34.3 Å². The molecule has 0 aliphatic heterocycles. The number of methoxy groups -OCH3 is 2. The number of aromatic nitrogens is 1. The van der Waals surface area contributed by atoms with Gasteiger partial charge in [0.1, 0.15) is 0 Å². The average molecular weight is 397 g/mol. The average Bonchev–Trinajstić information content (AvgIpc) is 2.68. The van der Waals surface area contributed by atoms with Gasteiger partial charge in [-0.1, -0.05) is 30.0 Å². The highest BCUT2D eigenvalue weighted by atomic mass is 32.2. The molecule has 0 fully saturated rings. The van der Waals surface area contributed by atoms with Crippen LogP contribution in [0.25, 0.3) is 10.9 Å². The van der Waals surface area contributed by atoms with Crippen LogP contribution >= 0.6 is 11.8 Å². The maximum absolute atomic E-state index is 12.7. The van der Waals surface area contributed by atoms with Gasteiger partial charge in [-0.15, -0.1) is 0 Å². The van der Waals surface area contributed by atoms with Crippen LogP contribution in [-0.2, 0) is 4.79 Å². The number of carbonyl (C=O) groups excluding carboxylic acids is 1. The normalized spacial score (nSPS) is 11.9. The Morgan fingerprint density at radius 1 is 1.04 bits per heavy atom. The van der Waals surface area contributed by atoms with Crippen molar-refractivity contribution in [3.8, 4) is 11.5 Å². The molecule has 1 atom stereocenters. The second-order valence-electron chi connectivity index (χ2n) is 6.57. The number of benzene rings is 2. The number of para-hydroxylation sites is 1. The minimum atomic E-state index is -0.304. The number of anilines is 1. The third kappa shape index (κ3) is 4.22. The summed E-state index contributed by atoms with van der Waals surface area (Å²) in [5.74, 6) is 1.10. The number of ether oxygens (including phenoxy) is 2. The number of nitrogens with zero attached hydrogens (tertiary/aromatic N) is 1. The van der Waals surface area contributed by atoms with Crippen molar-refractivity contribution in [1.29, 1.82) is 0 Å². The summed E-state index contributed by atoms with van der Waals surface area (Å²) in [5.41, 5.74) is 3.93. The monoisotopic (exact) mass is 396 g/mol. The van der Waals surface area contributed by atoms with Crippen molar-refractivity contribution in [2.75, 3.05) is 19.5 Å². The van der Waals surface area contributed by atoms with Gasteiger partial charge in [0.05, 0.1) is 30.0 Å².